The molecule has 1 aromatic heterocycles. The molecule has 3 heteroatoms. The summed E-state index contributed by atoms with van der Waals surface area (Å²) in [6.45, 7) is 0. The summed E-state index contributed by atoms with van der Waals surface area (Å²) in [4.78, 5) is 0. The molecule has 1 heterocycles. The van der Waals surface area contributed by atoms with Crippen molar-refractivity contribution in [3.8, 4) is 0 Å². The van der Waals surface area contributed by atoms with Crippen molar-refractivity contribution in [2.75, 3.05) is 0 Å². The van der Waals surface area contributed by atoms with E-state index in [1.807, 2.05) is 12.7 Å². The highest BCUT2D eigenvalue weighted by Gasteiger charge is 2.15. The Morgan fingerprint density at radius 3 is 2.30 bits per heavy atom. The smallest absolute Gasteiger partial charge is 0.119 e. The molecule has 2 rings (SSSR count). The van der Waals surface area contributed by atoms with Crippen LogP contribution in [0, 0.1) is 0 Å². The molecule has 3 nitrogen and oxygen atoms in total. The van der Waals surface area contributed by atoms with E-state index >= 15 is 0 Å². The first-order valence-electron chi connectivity index (χ1n) is 3.81. The van der Waals surface area contributed by atoms with Crippen LogP contribution in [0.15, 0.2) is 12.7 Å². The lowest BCUT2D eigenvalue weighted by molar-refractivity contribution is 0.516. The Labute approximate surface area is 60.1 Å². The Balaban J connectivity index is 2.12. The van der Waals surface area contributed by atoms with E-state index in [9.17, 15) is 0 Å². The lowest BCUT2D eigenvalue weighted by Gasteiger charge is -2.07. The van der Waals surface area contributed by atoms with Gasteiger partial charge in [0.1, 0.15) is 12.7 Å². The number of nitrogens with zero attached hydrogens (tertiary/aromatic N) is 3. The highest BCUT2D eigenvalue weighted by Crippen LogP contribution is 2.28. The molecular weight excluding hydrogens is 126 g/mol. The molecule has 0 N–H and O–H groups in total. The Morgan fingerprint density at radius 2 is 1.70 bits per heavy atom. The molecule has 0 unspecified atom stereocenters. The van der Waals surface area contributed by atoms with Crippen LogP contribution in [-0.4, -0.2) is 14.8 Å². The average Bonchev–Trinajstić information content (AvgIpc) is 2.59. The lowest BCUT2D eigenvalue weighted by Crippen LogP contribution is -2.00. The molecule has 0 aromatic carbocycles. The number of hydrogen-bond donors (Lipinski definition) is 0. The van der Waals surface area contributed by atoms with Gasteiger partial charge in [0.15, 0.2) is 0 Å². The standard InChI is InChI=1S/C7H11N3/c1-2-4-7(3-1)10-5-8-9-6-10/h5-7H,1-4H2. The first kappa shape index (κ1) is 5.89. The van der Waals surface area contributed by atoms with Crippen LogP contribution >= 0.6 is 0 Å². The molecule has 0 bridgehead atoms. The first-order valence-corrected chi connectivity index (χ1v) is 3.81. The molecule has 10 heavy (non-hydrogen) atoms. The highest BCUT2D eigenvalue weighted by molar-refractivity contribution is 4.76. The van der Waals surface area contributed by atoms with Gasteiger partial charge >= 0.3 is 0 Å². The third kappa shape index (κ3) is 0.916. The topological polar surface area (TPSA) is 30.7 Å². The zero-order valence-corrected chi connectivity index (χ0v) is 5.90. The molecule has 0 saturated heterocycles. The molecule has 0 spiro atoms. The highest BCUT2D eigenvalue weighted by atomic mass is 15.2. The summed E-state index contributed by atoms with van der Waals surface area (Å²) in [6.07, 6.45) is 8.97. The van der Waals surface area contributed by atoms with Crippen LogP contribution in [0.1, 0.15) is 31.7 Å². The van der Waals surface area contributed by atoms with E-state index in [1.165, 1.54) is 25.7 Å². The molecule has 1 aliphatic rings. The van der Waals surface area contributed by atoms with E-state index in [0.29, 0.717) is 6.04 Å². The van der Waals surface area contributed by atoms with Crippen molar-refractivity contribution in [1.82, 2.24) is 14.8 Å². The van der Waals surface area contributed by atoms with Gasteiger partial charge in [0, 0.05) is 6.04 Å². The van der Waals surface area contributed by atoms with Gasteiger partial charge in [-0.2, -0.15) is 0 Å². The SMILES string of the molecule is c1nncn1C1CCCC1. The fraction of sp³-hybridized carbons (Fsp3) is 0.714. The van der Waals surface area contributed by atoms with Gasteiger partial charge in [-0.1, -0.05) is 12.8 Å². The van der Waals surface area contributed by atoms with Crippen LogP contribution in [0.4, 0.5) is 0 Å². The van der Waals surface area contributed by atoms with Crippen LogP contribution in [0.5, 0.6) is 0 Å². The van der Waals surface area contributed by atoms with Gasteiger partial charge in [-0.15, -0.1) is 10.2 Å². The van der Waals surface area contributed by atoms with Gasteiger partial charge in [-0.25, -0.2) is 0 Å². The van der Waals surface area contributed by atoms with Gasteiger partial charge in [-0.05, 0) is 12.8 Å². The second-order valence-electron chi connectivity index (χ2n) is 2.85. The Bertz CT molecular complexity index is 187. The molecule has 1 aliphatic carbocycles. The van der Waals surface area contributed by atoms with Gasteiger partial charge in [0.05, 0.1) is 0 Å². The predicted octanol–water partition coefficient (Wildman–Crippen LogP) is 1.39. The fourth-order valence-corrected chi connectivity index (χ4v) is 1.60. The van der Waals surface area contributed by atoms with E-state index in [4.69, 9.17) is 0 Å². The summed E-state index contributed by atoms with van der Waals surface area (Å²) in [5.41, 5.74) is 0. The normalized spacial score (nSPS) is 20.0. The van der Waals surface area contributed by atoms with Crippen LogP contribution < -0.4 is 0 Å². The largest absolute Gasteiger partial charge is 0.317 e. The molecule has 1 saturated carbocycles. The third-order valence-electron chi connectivity index (χ3n) is 2.18. The zero-order chi connectivity index (χ0) is 6.81. The van der Waals surface area contributed by atoms with Crippen LogP contribution in [0.3, 0.4) is 0 Å². The quantitative estimate of drug-likeness (QED) is 0.585. The summed E-state index contributed by atoms with van der Waals surface area (Å²) in [5.74, 6) is 0. The van der Waals surface area contributed by atoms with Gasteiger partial charge in [-0.3, -0.25) is 0 Å². The van der Waals surface area contributed by atoms with Crippen LogP contribution in [0.2, 0.25) is 0 Å². The summed E-state index contributed by atoms with van der Waals surface area (Å²) in [7, 11) is 0. The van der Waals surface area contributed by atoms with Crippen molar-refractivity contribution in [2.45, 2.75) is 31.7 Å². The predicted molar refractivity (Wildman–Crippen MR) is 37.5 cm³/mol. The van der Waals surface area contributed by atoms with E-state index in [-0.39, 0.29) is 0 Å². The van der Waals surface area contributed by atoms with E-state index < -0.39 is 0 Å². The summed E-state index contributed by atoms with van der Waals surface area (Å²) >= 11 is 0. The third-order valence-corrected chi connectivity index (χ3v) is 2.18. The average molecular weight is 137 g/mol. The maximum absolute atomic E-state index is 3.78. The van der Waals surface area contributed by atoms with Crippen LogP contribution in [-0.2, 0) is 0 Å². The second-order valence-corrected chi connectivity index (χ2v) is 2.85. The van der Waals surface area contributed by atoms with Gasteiger partial charge < -0.3 is 4.57 Å². The van der Waals surface area contributed by atoms with Crippen molar-refractivity contribution in [1.29, 1.82) is 0 Å². The van der Waals surface area contributed by atoms with Gasteiger partial charge in [0.2, 0.25) is 0 Å². The fourth-order valence-electron chi connectivity index (χ4n) is 1.60. The summed E-state index contributed by atoms with van der Waals surface area (Å²) in [5, 5.41) is 7.56. The zero-order valence-electron chi connectivity index (χ0n) is 5.90. The Hall–Kier alpha value is -0.860. The summed E-state index contributed by atoms with van der Waals surface area (Å²) < 4.78 is 2.12. The minimum Gasteiger partial charge on any atom is -0.317 e. The molecule has 1 aromatic rings. The lowest BCUT2D eigenvalue weighted by atomic mass is 10.2. The second kappa shape index (κ2) is 2.40. The molecule has 1 fully saturated rings. The minimum absolute atomic E-state index is 0.690. The van der Waals surface area contributed by atoms with Crippen molar-refractivity contribution in [3.63, 3.8) is 0 Å². The van der Waals surface area contributed by atoms with E-state index in [0.717, 1.165) is 0 Å². The van der Waals surface area contributed by atoms with Crippen molar-refractivity contribution in [3.05, 3.63) is 12.7 Å². The minimum atomic E-state index is 0.690. The van der Waals surface area contributed by atoms with Crippen molar-refractivity contribution in [2.24, 2.45) is 0 Å². The molecule has 0 radical (unpaired) electrons. The first-order chi connectivity index (χ1) is 4.97. The summed E-state index contributed by atoms with van der Waals surface area (Å²) in [6, 6.07) is 0.690. The maximum Gasteiger partial charge on any atom is 0.119 e. The number of rotatable bonds is 1. The van der Waals surface area contributed by atoms with Crippen molar-refractivity contribution >= 4 is 0 Å². The maximum atomic E-state index is 3.78. The number of hydrogen-bond acceptors (Lipinski definition) is 2. The monoisotopic (exact) mass is 137 g/mol. The molecule has 0 atom stereocenters. The number of aromatic nitrogens is 3. The Kier molecular flexibility index (Phi) is 1.42. The van der Waals surface area contributed by atoms with E-state index in [1.54, 1.807) is 0 Å². The molecular formula is C7H11N3. The van der Waals surface area contributed by atoms with Gasteiger partial charge in [0.25, 0.3) is 0 Å². The van der Waals surface area contributed by atoms with Crippen LogP contribution in [0.25, 0.3) is 0 Å². The molecule has 0 amide bonds. The molecule has 54 valence electrons. The van der Waals surface area contributed by atoms with Crippen molar-refractivity contribution < 1.29 is 0 Å². The molecule has 0 aliphatic heterocycles. The Morgan fingerprint density at radius 1 is 1.10 bits per heavy atom. The van der Waals surface area contributed by atoms with E-state index in [2.05, 4.69) is 14.8 Å².